The van der Waals surface area contributed by atoms with Crippen LogP contribution in [-0.2, 0) is 10.9 Å². The van der Waals surface area contributed by atoms with E-state index < -0.39 is 17.7 Å². The summed E-state index contributed by atoms with van der Waals surface area (Å²) < 4.78 is 49.8. The Kier molecular flexibility index (Phi) is 8.14. The number of anilines is 2. The molecule has 0 spiro atoms. The van der Waals surface area contributed by atoms with Crippen molar-refractivity contribution in [2.75, 3.05) is 30.4 Å². The van der Waals surface area contributed by atoms with Gasteiger partial charge in [-0.15, -0.1) is 0 Å². The molecule has 1 saturated heterocycles. The van der Waals surface area contributed by atoms with Crippen molar-refractivity contribution < 1.29 is 27.1 Å². The van der Waals surface area contributed by atoms with Gasteiger partial charge in [0.1, 0.15) is 0 Å². The third-order valence-corrected chi connectivity index (χ3v) is 8.01. The molecular weight excluding hydrogens is 507 g/mol. The predicted molar refractivity (Wildman–Crippen MR) is 144 cm³/mol. The fourth-order valence-corrected chi connectivity index (χ4v) is 6.01. The summed E-state index contributed by atoms with van der Waals surface area (Å²) in [6, 6.07) is 13.3. The fourth-order valence-electron chi connectivity index (χ4n) is 6.01. The number of aromatic nitrogens is 1. The van der Waals surface area contributed by atoms with Crippen molar-refractivity contribution in [3.63, 3.8) is 0 Å². The Morgan fingerprint density at radius 3 is 2.67 bits per heavy atom. The lowest BCUT2D eigenvalue weighted by molar-refractivity contribution is -0.137. The number of hydrogen-bond acceptors (Lipinski definition) is 6. The number of carbonyl (C=O) groups excluding carboxylic acids is 1. The Bertz CT molecular complexity index is 1260. The van der Waals surface area contributed by atoms with Gasteiger partial charge in [-0.2, -0.15) is 13.2 Å². The molecule has 2 fully saturated rings. The van der Waals surface area contributed by atoms with E-state index in [4.69, 9.17) is 9.15 Å². The Hall–Kier alpha value is -3.49. The first-order chi connectivity index (χ1) is 18.8. The minimum Gasteiger partial charge on any atom is -0.465 e. The molecule has 1 aliphatic heterocycles. The summed E-state index contributed by atoms with van der Waals surface area (Å²) in [5.41, 5.74) is 1.45. The molecule has 0 radical (unpaired) electrons. The first-order valence-electron chi connectivity index (χ1n) is 13.6. The average Bonchev–Trinajstić information content (AvgIpc) is 3.42. The summed E-state index contributed by atoms with van der Waals surface area (Å²) in [6.07, 6.45) is 5.06. The highest BCUT2D eigenvalue weighted by atomic mass is 19.4. The summed E-state index contributed by atoms with van der Waals surface area (Å²) in [5.74, 6) is 1.12. The first-order valence-corrected chi connectivity index (χ1v) is 13.6. The van der Waals surface area contributed by atoms with Gasteiger partial charge in [0.05, 0.1) is 24.4 Å². The number of rotatable bonds is 7. The SMILES string of the molecule is COC(=O)c1cccc(-c2cnc(N[C@@H]3CCCC[C@H]3C[C@H]3CCCN(c4ccc(C(F)(F)F)cc4)C3)o2)c1. The van der Waals surface area contributed by atoms with Crippen LogP contribution >= 0.6 is 0 Å². The monoisotopic (exact) mass is 541 g/mol. The molecular formula is C30H34F3N3O3. The van der Waals surface area contributed by atoms with E-state index in [-0.39, 0.29) is 6.04 Å². The number of ether oxygens (including phenoxy) is 1. The normalized spacial score (nSPS) is 21.9. The third kappa shape index (κ3) is 6.57. The third-order valence-electron chi connectivity index (χ3n) is 8.01. The van der Waals surface area contributed by atoms with Crippen molar-refractivity contribution in [2.45, 2.75) is 57.2 Å². The van der Waals surface area contributed by atoms with Crippen LogP contribution in [0, 0.1) is 11.8 Å². The number of carbonyl (C=O) groups is 1. The van der Waals surface area contributed by atoms with Crippen molar-refractivity contribution in [1.82, 2.24) is 4.98 Å². The molecule has 0 amide bonds. The quantitative estimate of drug-likeness (QED) is 0.314. The Balaban J connectivity index is 1.22. The fraction of sp³-hybridized carbons (Fsp3) is 0.467. The van der Waals surface area contributed by atoms with Gasteiger partial charge in [0, 0.05) is 30.4 Å². The van der Waals surface area contributed by atoms with Gasteiger partial charge in [0.15, 0.2) is 5.76 Å². The number of nitrogens with one attached hydrogen (secondary N) is 1. The lowest BCUT2D eigenvalue weighted by atomic mass is 9.77. The Labute approximate surface area is 226 Å². The lowest BCUT2D eigenvalue weighted by Crippen LogP contribution is -2.39. The standard InChI is InChI=1S/C30H34F3N3O3/c1-38-28(37)23-9-4-8-22(17-23)27-18-34-29(39-27)35-26-10-3-2-7-21(26)16-20-6-5-15-36(19-20)25-13-11-24(12-14-25)30(31,32)33/h4,8-9,11-14,17-18,20-21,26H,2-3,5-7,10,15-16,19H2,1H3,(H,34,35)/t20-,21+,26-/m1/s1. The highest BCUT2D eigenvalue weighted by Gasteiger charge is 2.32. The number of esters is 1. The molecule has 208 valence electrons. The lowest BCUT2D eigenvalue weighted by Gasteiger charge is -2.39. The van der Waals surface area contributed by atoms with E-state index in [1.165, 1.54) is 25.7 Å². The predicted octanol–water partition coefficient (Wildman–Crippen LogP) is 7.42. The molecule has 39 heavy (non-hydrogen) atoms. The van der Waals surface area contributed by atoms with Crippen LogP contribution in [0.15, 0.2) is 59.1 Å². The van der Waals surface area contributed by atoms with Crippen LogP contribution in [0.1, 0.15) is 60.9 Å². The van der Waals surface area contributed by atoms with E-state index in [2.05, 4.69) is 15.2 Å². The molecule has 2 aliphatic rings. The highest BCUT2D eigenvalue weighted by molar-refractivity contribution is 5.90. The van der Waals surface area contributed by atoms with Crippen molar-refractivity contribution in [2.24, 2.45) is 11.8 Å². The van der Waals surface area contributed by atoms with Crippen LogP contribution in [0.4, 0.5) is 24.9 Å². The van der Waals surface area contributed by atoms with Crippen molar-refractivity contribution in [3.05, 3.63) is 65.9 Å². The van der Waals surface area contributed by atoms with E-state index in [1.807, 2.05) is 6.07 Å². The molecule has 0 bridgehead atoms. The maximum Gasteiger partial charge on any atom is 0.416 e. The number of nitrogens with zero attached hydrogens (tertiary/aromatic N) is 2. The Morgan fingerprint density at radius 1 is 1.10 bits per heavy atom. The number of oxazole rings is 1. The van der Waals surface area contributed by atoms with E-state index in [9.17, 15) is 18.0 Å². The number of piperidine rings is 1. The van der Waals surface area contributed by atoms with Crippen LogP contribution in [0.25, 0.3) is 11.3 Å². The second kappa shape index (κ2) is 11.7. The van der Waals surface area contributed by atoms with Crippen molar-refractivity contribution >= 4 is 17.7 Å². The maximum absolute atomic E-state index is 13.0. The topological polar surface area (TPSA) is 67.6 Å². The second-order valence-electron chi connectivity index (χ2n) is 10.6. The number of hydrogen-bond donors (Lipinski definition) is 1. The van der Waals surface area contributed by atoms with E-state index >= 15 is 0 Å². The molecule has 3 aromatic rings. The van der Waals surface area contributed by atoms with Gasteiger partial charge in [0.25, 0.3) is 6.01 Å². The van der Waals surface area contributed by atoms with Crippen LogP contribution in [0.5, 0.6) is 0 Å². The first kappa shape index (κ1) is 27.1. The van der Waals surface area contributed by atoms with Crippen LogP contribution in [0.2, 0.25) is 0 Å². The maximum atomic E-state index is 13.0. The van der Waals surface area contributed by atoms with Gasteiger partial charge in [-0.1, -0.05) is 25.0 Å². The summed E-state index contributed by atoms with van der Waals surface area (Å²) >= 11 is 0. The van der Waals surface area contributed by atoms with Gasteiger partial charge in [-0.3, -0.25) is 0 Å². The molecule has 3 atom stereocenters. The summed E-state index contributed by atoms with van der Waals surface area (Å²) in [6.45, 7) is 1.72. The Morgan fingerprint density at radius 2 is 1.90 bits per heavy atom. The number of alkyl halides is 3. The molecule has 1 aliphatic carbocycles. The van der Waals surface area contributed by atoms with E-state index in [0.717, 1.165) is 62.9 Å². The zero-order valence-corrected chi connectivity index (χ0v) is 22.0. The van der Waals surface area contributed by atoms with Crippen molar-refractivity contribution in [1.29, 1.82) is 0 Å². The molecule has 2 aromatic carbocycles. The molecule has 9 heteroatoms. The van der Waals surface area contributed by atoms with Crippen LogP contribution in [0.3, 0.4) is 0 Å². The largest absolute Gasteiger partial charge is 0.465 e. The molecule has 0 unspecified atom stereocenters. The highest BCUT2D eigenvalue weighted by Crippen LogP contribution is 2.36. The smallest absolute Gasteiger partial charge is 0.416 e. The van der Waals surface area contributed by atoms with Crippen LogP contribution in [-0.4, -0.2) is 37.2 Å². The molecule has 2 heterocycles. The van der Waals surface area contributed by atoms with Crippen molar-refractivity contribution in [3.8, 4) is 11.3 Å². The molecule has 5 rings (SSSR count). The summed E-state index contributed by atoms with van der Waals surface area (Å²) in [5, 5.41) is 3.53. The molecule has 1 saturated carbocycles. The molecule has 6 nitrogen and oxygen atoms in total. The zero-order valence-electron chi connectivity index (χ0n) is 22.0. The summed E-state index contributed by atoms with van der Waals surface area (Å²) in [7, 11) is 1.35. The van der Waals surface area contributed by atoms with Gasteiger partial charge in [0.2, 0.25) is 0 Å². The van der Waals surface area contributed by atoms with Gasteiger partial charge in [-0.05, 0) is 80.3 Å². The van der Waals surface area contributed by atoms with Gasteiger partial charge < -0.3 is 19.4 Å². The minimum atomic E-state index is -4.32. The average molecular weight is 542 g/mol. The van der Waals surface area contributed by atoms with E-state index in [1.54, 1.807) is 36.5 Å². The number of benzene rings is 2. The van der Waals surface area contributed by atoms with E-state index in [0.29, 0.717) is 29.2 Å². The molecule has 1 aromatic heterocycles. The minimum absolute atomic E-state index is 0.244. The number of methoxy groups -OCH3 is 1. The zero-order chi connectivity index (χ0) is 27.4. The van der Waals surface area contributed by atoms with Gasteiger partial charge in [-0.25, -0.2) is 9.78 Å². The number of halogens is 3. The molecule has 1 N–H and O–H groups in total. The van der Waals surface area contributed by atoms with Crippen LogP contribution < -0.4 is 10.2 Å². The second-order valence-corrected chi connectivity index (χ2v) is 10.6. The summed E-state index contributed by atoms with van der Waals surface area (Å²) in [4.78, 5) is 18.6. The van der Waals surface area contributed by atoms with Gasteiger partial charge >= 0.3 is 12.1 Å².